The van der Waals surface area contributed by atoms with Crippen LogP contribution in [0.15, 0.2) is 18.2 Å². The summed E-state index contributed by atoms with van der Waals surface area (Å²) in [6.07, 6.45) is 3.96. The number of H-pyrrole nitrogens is 1. The Balaban J connectivity index is 1.48. The number of hydrogen-bond donors (Lipinski definition) is 4. The number of aromatic nitrogens is 1. The molecule has 9 nitrogen and oxygen atoms in total. The number of amides is 3. The number of esters is 1. The van der Waals surface area contributed by atoms with Gasteiger partial charge in [0.25, 0.3) is 5.91 Å². The van der Waals surface area contributed by atoms with E-state index in [1.165, 1.54) is 7.11 Å². The minimum Gasteiger partial charge on any atom is -0.467 e. The third-order valence-electron chi connectivity index (χ3n) is 6.50. The smallest absolute Gasteiger partial charge is 0.328 e. The Hall–Kier alpha value is -2.78. The number of aromatic amines is 1. The number of hydrogen-bond acceptors (Lipinski definition) is 5. The number of nitrogens with one attached hydrogen (secondary N) is 4. The fourth-order valence-electron chi connectivity index (χ4n) is 4.42. The van der Waals surface area contributed by atoms with Gasteiger partial charge in [-0.15, -0.1) is 0 Å². The molecule has 3 amide bonds. The molecule has 2 aliphatic rings. The van der Waals surface area contributed by atoms with Crippen LogP contribution in [-0.2, 0) is 19.1 Å². The summed E-state index contributed by atoms with van der Waals surface area (Å²) in [5, 5.41) is 9.78. The summed E-state index contributed by atoms with van der Waals surface area (Å²) in [5.74, 6) is -1.81. The van der Waals surface area contributed by atoms with E-state index in [4.69, 9.17) is 27.9 Å². The number of carbonyl (C=O) groups is 4. The van der Waals surface area contributed by atoms with Crippen LogP contribution in [-0.4, -0.2) is 54.4 Å². The molecule has 4 rings (SSSR count). The zero-order chi connectivity index (χ0) is 25.1. The van der Waals surface area contributed by atoms with Crippen LogP contribution in [0, 0.1) is 11.8 Å². The Kier molecular flexibility index (Phi) is 7.86. The maximum Gasteiger partial charge on any atom is 0.328 e. The average molecular weight is 523 g/mol. The summed E-state index contributed by atoms with van der Waals surface area (Å²) in [5.41, 5.74) is 0.807. The predicted molar refractivity (Wildman–Crippen MR) is 131 cm³/mol. The van der Waals surface area contributed by atoms with Crippen LogP contribution >= 0.6 is 23.2 Å². The van der Waals surface area contributed by atoms with E-state index in [1.54, 1.807) is 18.2 Å². The van der Waals surface area contributed by atoms with Crippen molar-refractivity contribution in [2.45, 2.75) is 50.6 Å². The Morgan fingerprint density at radius 1 is 1.09 bits per heavy atom. The van der Waals surface area contributed by atoms with Crippen molar-refractivity contribution in [1.29, 1.82) is 0 Å². The number of methoxy groups -OCH3 is 1. The Morgan fingerprint density at radius 2 is 1.86 bits per heavy atom. The van der Waals surface area contributed by atoms with Gasteiger partial charge in [-0.3, -0.25) is 14.4 Å². The maximum absolute atomic E-state index is 13.2. The Morgan fingerprint density at radius 3 is 2.54 bits per heavy atom. The van der Waals surface area contributed by atoms with Gasteiger partial charge in [-0.2, -0.15) is 0 Å². The van der Waals surface area contributed by atoms with E-state index in [9.17, 15) is 19.2 Å². The summed E-state index contributed by atoms with van der Waals surface area (Å²) in [6.45, 7) is 0.602. The first-order valence-electron chi connectivity index (χ1n) is 11.7. The van der Waals surface area contributed by atoms with E-state index in [1.807, 2.05) is 0 Å². The molecule has 1 aliphatic carbocycles. The van der Waals surface area contributed by atoms with Gasteiger partial charge in [0.05, 0.1) is 17.6 Å². The fourth-order valence-corrected chi connectivity index (χ4v) is 4.97. The van der Waals surface area contributed by atoms with Crippen LogP contribution in [0.2, 0.25) is 10.0 Å². The molecule has 1 aromatic carbocycles. The van der Waals surface area contributed by atoms with E-state index in [0.29, 0.717) is 46.3 Å². The number of rotatable bonds is 9. The van der Waals surface area contributed by atoms with Crippen molar-refractivity contribution < 1.29 is 23.9 Å². The highest BCUT2D eigenvalue weighted by Gasteiger charge is 2.35. The number of halogens is 2. The van der Waals surface area contributed by atoms with E-state index in [-0.39, 0.29) is 18.0 Å². The van der Waals surface area contributed by atoms with Crippen molar-refractivity contribution in [2.75, 3.05) is 13.7 Å². The molecule has 11 heteroatoms. The summed E-state index contributed by atoms with van der Waals surface area (Å²) in [6, 6.07) is 3.04. The van der Waals surface area contributed by atoms with E-state index in [0.717, 1.165) is 19.3 Å². The average Bonchev–Trinajstić information content (AvgIpc) is 3.54. The molecule has 0 bridgehead atoms. The van der Waals surface area contributed by atoms with Crippen LogP contribution in [0.1, 0.15) is 49.0 Å². The molecule has 0 spiro atoms. The van der Waals surface area contributed by atoms with Crippen molar-refractivity contribution in [3.63, 3.8) is 0 Å². The van der Waals surface area contributed by atoms with E-state index >= 15 is 0 Å². The van der Waals surface area contributed by atoms with Gasteiger partial charge in [-0.05, 0) is 49.8 Å². The second-order valence-corrected chi connectivity index (χ2v) is 10.0. The van der Waals surface area contributed by atoms with Gasteiger partial charge < -0.3 is 25.7 Å². The number of carbonyl (C=O) groups excluding carboxylic acids is 4. The minimum atomic E-state index is -0.992. The standard InChI is InChI=1S/C24H28Cl2N4O5/c1-35-24(34)19(9-13-3-2-6-27-21(13)31)30-22(32)17(7-12-4-5-12)29-23(33)18-10-14-8-15(25)11-16(26)20(14)28-18/h8,10-13,17,19,28H,2-7,9H2,1H3,(H,27,31)(H,29,33)(H,30,32)/t13-,17-,19-/m0/s1. The summed E-state index contributed by atoms with van der Waals surface area (Å²) < 4.78 is 4.87. The topological polar surface area (TPSA) is 129 Å². The molecular weight excluding hydrogens is 495 g/mol. The normalized spacial score (nSPS) is 19.5. The van der Waals surface area contributed by atoms with Crippen LogP contribution in [0.25, 0.3) is 10.9 Å². The molecule has 0 radical (unpaired) electrons. The molecule has 1 saturated heterocycles. The molecule has 4 N–H and O–H groups in total. The third-order valence-corrected chi connectivity index (χ3v) is 7.02. The van der Waals surface area contributed by atoms with Crippen molar-refractivity contribution in [2.24, 2.45) is 11.8 Å². The SMILES string of the molecule is COC(=O)[C@H](C[C@@H]1CCCNC1=O)NC(=O)[C@H](CC1CC1)NC(=O)c1cc2cc(Cl)cc(Cl)c2[nH]1. The zero-order valence-corrected chi connectivity index (χ0v) is 20.8. The lowest BCUT2D eigenvalue weighted by atomic mass is 9.91. The fraction of sp³-hybridized carbons (Fsp3) is 0.500. The molecule has 1 aromatic heterocycles. The zero-order valence-electron chi connectivity index (χ0n) is 19.3. The number of ether oxygens (including phenoxy) is 1. The Bertz CT molecular complexity index is 1150. The summed E-state index contributed by atoms with van der Waals surface area (Å²) >= 11 is 12.3. The molecule has 2 heterocycles. The predicted octanol–water partition coefficient (Wildman–Crippen LogP) is 2.95. The van der Waals surface area contributed by atoms with Crippen molar-refractivity contribution in [3.05, 3.63) is 33.9 Å². The molecule has 188 valence electrons. The van der Waals surface area contributed by atoms with Crippen LogP contribution in [0.4, 0.5) is 0 Å². The molecule has 2 aromatic rings. The van der Waals surface area contributed by atoms with Gasteiger partial charge in [0.2, 0.25) is 11.8 Å². The van der Waals surface area contributed by atoms with Crippen LogP contribution in [0.3, 0.4) is 0 Å². The first-order chi connectivity index (χ1) is 16.7. The van der Waals surface area contributed by atoms with Gasteiger partial charge in [0.1, 0.15) is 17.8 Å². The second-order valence-electron chi connectivity index (χ2n) is 9.19. The molecular formula is C24H28Cl2N4O5. The van der Waals surface area contributed by atoms with Crippen molar-refractivity contribution >= 4 is 57.8 Å². The van der Waals surface area contributed by atoms with Gasteiger partial charge >= 0.3 is 5.97 Å². The highest BCUT2D eigenvalue weighted by molar-refractivity contribution is 6.38. The highest BCUT2D eigenvalue weighted by atomic mass is 35.5. The van der Waals surface area contributed by atoms with Crippen LogP contribution in [0.5, 0.6) is 0 Å². The molecule has 1 aliphatic heterocycles. The van der Waals surface area contributed by atoms with Gasteiger partial charge in [0.15, 0.2) is 0 Å². The molecule has 0 unspecified atom stereocenters. The molecule has 35 heavy (non-hydrogen) atoms. The lowest BCUT2D eigenvalue weighted by Crippen LogP contribution is -2.53. The number of benzene rings is 1. The number of piperidine rings is 1. The largest absolute Gasteiger partial charge is 0.467 e. The second kappa shape index (κ2) is 10.9. The van der Waals surface area contributed by atoms with E-state index in [2.05, 4.69) is 20.9 Å². The first kappa shape index (κ1) is 25.3. The Labute approximate surface area is 212 Å². The molecule has 1 saturated carbocycles. The van der Waals surface area contributed by atoms with Crippen LogP contribution < -0.4 is 16.0 Å². The quantitative estimate of drug-likeness (QED) is 0.376. The highest BCUT2D eigenvalue weighted by Crippen LogP contribution is 2.34. The van der Waals surface area contributed by atoms with E-state index < -0.39 is 35.8 Å². The van der Waals surface area contributed by atoms with Crippen molar-refractivity contribution in [3.8, 4) is 0 Å². The molecule has 2 fully saturated rings. The van der Waals surface area contributed by atoms with Crippen molar-refractivity contribution in [1.82, 2.24) is 20.9 Å². The maximum atomic E-state index is 13.2. The molecule has 3 atom stereocenters. The van der Waals surface area contributed by atoms with Gasteiger partial charge in [-0.25, -0.2) is 4.79 Å². The third kappa shape index (κ3) is 6.27. The first-order valence-corrected chi connectivity index (χ1v) is 12.4. The summed E-state index contributed by atoms with van der Waals surface area (Å²) in [7, 11) is 1.24. The lowest BCUT2D eigenvalue weighted by molar-refractivity contribution is -0.146. The minimum absolute atomic E-state index is 0.135. The van der Waals surface area contributed by atoms with Gasteiger partial charge in [0, 0.05) is 22.9 Å². The lowest BCUT2D eigenvalue weighted by Gasteiger charge is -2.27. The monoisotopic (exact) mass is 522 g/mol. The number of fused-ring (bicyclic) bond motifs is 1. The van der Waals surface area contributed by atoms with Gasteiger partial charge in [-0.1, -0.05) is 36.0 Å². The summed E-state index contributed by atoms with van der Waals surface area (Å²) in [4.78, 5) is 53.8.